The Kier molecular flexibility index (Phi) is 11.2. The molecule has 1 atom stereocenters. The monoisotopic (exact) mass is 277 g/mol. The maximum absolute atomic E-state index is 12.1. The van der Waals surface area contributed by atoms with Crippen LogP contribution in [0.25, 0.3) is 0 Å². The minimum atomic E-state index is -0.504. The molecule has 4 heteroatoms. The molecule has 110 valence electrons. The van der Waals surface area contributed by atoms with Crippen molar-refractivity contribution in [2.45, 2.75) is 64.5 Å². The van der Waals surface area contributed by atoms with Crippen LogP contribution >= 0.6 is 12.9 Å². The lowest BCUT2D eigenvalue weighted by molar-refractivity contribution is -0.985. The van der Waals surface area contributed by atoms with E-state index in [1.165, 1.54) is 32.1 Å². The number of rotatable bonds is 12. The molecular weight excluding hydrogens is 246 g/mol. The van der Waals surface area contributed by atoms with Crippen LogP contribution in [0.1, 0.15) is 58.3 Å². The van der Waals surface area contributed by atoms with Gasteiger partial charge in [0, 0.05) is 12.6 Å². The molecular formula is C14H31NO2S. The van der Waals surface area contributed by atoms with Crippen molar-refractivity contribution in [1.82, 2.24) is 0 Å². The molecule has 0 aliphatic rings. The maximum atomic E-state index is 12.1. The van der Waals surface area contributed by atoms with Crippen molar-refractivity contribution < 1.29 is 13.8 Å². The highest BCUT2D eigenvalue weighted by Gasteiger charge is 2.18. The third-order valence-corrected chi connectivity index (χ3v) is 3.74. The molecule has 0 aliphatic heterocycles. The van der Waals surface area contributed by atoms with Gasteiger partial charge in [0.25, 0.3) is 0 Å². The first-order valence-corrected chi connectivity index (χ1v) is 7.66. The fourth-order valence-corrected chi connectivity index (χ4v) is 2.26. The van der Waals surface area contributed by atoms with Gasteiger partial charge in [0.15, 0.2) is 0 Å². The summed E-state index contributed by atoms with van der Waals surface area (Å²) < 4.78 is 5.28. The zero-order chi connectivity index (χ0) is 13.9. The summed E-state index contributed by atoms with van der Waals surface area (Å²) in [5, 5.41) is 12.1. The van der Waals surface area contributed by atoms with E-state index in [-0.39, 0.29) is 0 Å². The van der Waals surface area contributed by atoms with E-state index >= 15 is 0 Å². The fraction of sp³-hybridized carbons (Fsp3) is 1.00. The normalized spacial score (nSPS) is 13.8. The Bertz CT molecular complexity index is 189. The molecule has 0 fully saturated rings. The number of nitrogens with zero attached hydrogens (tertiary/aromatic N) is 1. The third kappa shape index (κ3) is 9.20. The summed E-state index contributed by atoms with van der Waals surface area (Å²) in [5.74, 6) is 0. The van der Waals surface area contributed by atoms with Gasteiger partial charge in [0.05, 0.1) is 27.2 Å². The molecule has 0 radical (unpaired) electrons. The summed E-state index contributed by atoms with van der Waals surface area (Å²) in [5.41, 5.74) is 0. The van der Waals surface area contributed by atoms with E-state index in [4.69, 9.17) is 4.18 Å². The van der Waals surface area contributed by atoms with Crippen LogP contribution in [0.2, 0.25) is 0 Å². The Labute approximate surface area is 119 Å². The second kappa shape index (κ2) is 11.1. The molecule has 0 aromatic carbocycles. The molecule has 0 amide bonds. The molecule has 0 heterocycles. The van der Waals surface area contributed by atoms with Gasteiger partial charge in [-0.2, -0.15) is 0 Å². The lowest BCUT2D eigenvalue weighted by Gasteiger charge is -2.42. The Hall–Kier alpha value is 0.230. The smallest absolute Gasteiger partial charge is 0.0797 e. The predicted molar refractivity (Wildman–Crippen MR) is 78.3 cm³/mol. The first-order valence-electron chi connectivity index (χ1n) is 7.29. The van der Waals surface area contributed by atoms with Crippen LogP contribution in [0.4, 0.5) is 0 Å². The molecule has 0 rings (SSSR count). The summed E-state index contributed by atoms with van der Waals surface area (Å²) in [6.07, 6.45) is 8.66. The number of hydrogen-bond donors (Lipinski definition) is 1. The average Bonchev–Trinajstić information content (AvgIpc) is 2.33. The van der Waals surface area contributed by atoms with Crippen LogP contribution < -0.4 is 5.11 Å². The van der Waals surface area contributed by atoms with Gasteiger partial charge in [0.1, 0.15) is 0 Å². The molecule has 0 N–H and O–H groups in total. The first kappa shape index (κ1) is 18.2. The number of quaternary nitrogens is 1. The largest absolute Gasteiger partial charge is 0.806 e. The van der Waals surface area contributed by atoms with Crippen LogP contribution in [0, 0.1) is 0 Å². The van der Waals surface area contributed by atoms with E-state index in [0.29, 0.717) is 11.1 Å². The quantitative estimate of drug-likeness (QED) is 0.196. The minimum absolute atomic E-state index is 0.504. The molecule has 0 aliphatic carbocycles. The van der Waals surface area contributed by atoms with Gasteiger partial charge in [-0.25, -0.2) is 0 Å². The van der Waals surface area contributed by atoms with E-state index in [2.05, 4.69) is 19.8 Å². The van der Waals surface area contributed by atoms with E-state index in [0.717, 1.165) is 25.8 Å². The van der Waals surface area contributed by atoms with E-state index in [1.54, 1.807) is 0 Å². The maximum Gasteiger partial charge on any atom is 0.0797 e. The third-order valence-electron chi connectivity index (χ3n) is 3.55. The highest BCUT2D eigenvalue weighted by molar-refractivity contribution is 7.75. The highest BCUT2D eigenvalue weighted by Crippen LogP contribution is 2.13. The zero-order valence-corrected chi connectivity index (χ0v) is 13.3. The van der Waals surface area contributed by atoms with Gasteiger partial charge in [-0.15, -0.1) is 0 Å². The zero-order valence-electron chi connectivity index (χ0n) is 12.4. The van der Waals surface area contributed by atoms with Crippen LogP contribution in [0.15, 0.2) is 0 Å². The second-order valence-electron chi connectivity index (χ2n) is 5.70. The fourth-order valence-electron chi connectivity index (χ4n) is 2.13. The summed E-state index contributed by atoms with van der Waals surface area (Å²) in [6.45, 7) is 3.71. The molecule has 0 spiro atoms. The molecule has 0 saturated heterocycles. The molecule has 0 aromatic rings. The Morgan fingerprint density at radius 3 is 2.28 bits per heavy atom. The Balaban J connectivity index is 3.61. The topological polar surface area (TPSA) is 32.3 Å². The van der Waals surface area contributed by atoms with Crippen molar-refractivity contribution in [1.29, 1.82) is 0 Å². The van der Waals surface area contributed by atoms with Crippen molar-refractivity contribution in [3.05, 3.63) is 0 Å². The van der Waals surface area contributed by atoms with Crippen LogP contribution in [0.5, 0.6) is 0 Å². The Morgan fingerprint density at radius 2 is 1.67 bits per heavy atom. The van der Waals surface area contributed by atoms with Crippen LogP contribution in [0.3, 0.4) is 0 Å². The molecule has 0 bridgehead atoms. The SMILES string of the molecule is CCCCCCCCC([O-])[N+](C)(C)CCCOS. The summed E-state index contributed by atoms with van der Waals surface area (Å²) in [7, 11) is 4.04. The van der Waals surface area contributed by atoms with E-state index in [9.17, 15) is 5.11 Å². The molecule has 1 unspecified atom stereocenters. The second-order valence-corrected chi connectivity index (χ2v) is 5.96. The van der Waals surface area contributed by atoms with Gasteiger partial charge < -0.3 is 13.8 Å². The van der Waals surface area contributed by atoms with E-state index in [1.807, 2.05) is 14.1 Å². The summed E-state index contributed by atoms with van der Waals surface area (Å²) in [6, 6.07) is 0. The average molecular weight is 277 g/mol. The molecule has 3 nitrogen and oxygen atoms in total. The lowest BCUT2D eigenvalue weighted by atomic mass is 10.1. The van der Waals surface area contributed by atoms with Gasteiger partial charge >= 0.3 is 0 Å². The molecule has 0 saturated carbocycles. The van der Waals surface area contributed by atoms with Crippen molar-refractivity contribution in [3.63, 3.8) is 0 Å². The van der Waals surface area contributed by atoms with Crippen molar-refractivity contribution in [2.24, 2.45) is 0 Å². The van der Waals surface area contributed by atoms with Gasteiger partial charge in [-0.1, -0.05) is 39.0 Å². The van der Waals surface area contributed by atoms with Crippen molar-refractivity contribution in [3.8, 4) is 0 Å². The predicted octanol–water partition coefficient (Wildman–Crippen LogP) is 2.75. The standard InChI is InChI=1S/C14H31NO2S/c1-4-5-6-7-8-9-11-14(16)15(2,3)12-10-13-17-18/h14,18H,4-13H2,1-3H3. The lowest BCUT2D eigenvalue weighted by Crippen LogP contribution is -2.56. The van der Waals surface area contributed by atoms with Crippen molar-refractivity contribution in [2.75, 3.05) is 27.2 Å². The number of hydrogen-bond acceptors (Lipinski definition) is 3. The van der Waals surface area contributed by atoms with E-state index < -0.39 is 6.23 Å². The van der Waals surface area contributed by atoms with Crippen LogP contribution in [-0.2, 0) is 4.18 Å². The molecule has 0 aromatic heterocycles. The van der Waals surface area contributed by atoms with Gasteiger partial charge in [-0.05, 0) is 25.8 Å². The minimum Gasteiger partial charge on any atom is -0.806 e. The number of unbranched alkanes of at least 4 members (excludes halogenated alkanes) is 5. The number of thiol groups is 1. The van der Waals surface area contributed by atoms with Crippen LogP contribution in [-0.4, -0.2) is 38.0 Å². The summed E-state index contributed by atoms with van der Waals surface area (Å²) in [4.78, 5) is 0. The summed E-state index contributed by atoms with van der Waals surface area (Å²) >= 11 is 3.71. The molecule has 18 heavy (non-hydrogen) atoms. The highest BCUT2D eigenvalue weighted by atomic mass is 32.1. The first-order chi connectivity index (χ1) is 8.54. The van der Waals surface area contributed by atoms with Gasteiger partial charge in [-0.3, -0.25) is 0 Å². The van der Waals surface area contributed by atoms with Crippen molar-refractivity contribution >= 4 is 12.9 Å². The van der Waals surface area contributed by atoms with Gasteiger partial charge in [0.2, 0.25) is 0 Å². The Morgan fingerprint density at radius 1 is 1.06 bits per heavy atom.